The lowest BCUT2D eigenvalue weighted by molar-refractivity contribution is -0.661. The van der Waals surface area contributed by atoms with Crippen LogP contribution in [0.5, 0.6) is 0 Å². The number of hydrogen-bond acceptors (Lipinski definition) is 0. The molecular formula is C101H122N5+5. The molecule has 5 heteroatoms. The van der Waals surface area contributed by atoms with Crippen LogP contribution in [0.3, 0.4) is 0 Å². The van der Waals surface area contributed by atoms with Gasteiger partial charge in [0, 0.05) is 121 Å². The zero-order chi connectivity index (χ0) is 90.2. The number of aryl methyl sites for hydroxylation is 15. The third-order valence-corrected chi connectivity index (χ3v) is 28.2. The molecular weight excluding hydrogens is 1280 g/mol. The standard InChI is InChI=1S/2C22H28N.3C19H22N/c2*1-14-7-8-16(15(2)11-14)20-12-17-18-9-10-22(5,21(18,3)4)19(17)13-23(20)6;2*1-12-4-7-16(13(2)8-12)19-10-17-14-5-6-15(9-14)18(17)11-20(19)3;1-12-4-5-17(13(2)6-12)19-10-18-15-7-14(8-15)9-16(18)11-20(19)3/h2*7-8,11-13,18H,9-10H2,1-6H3;2*4,7-8,10-11,14-15H,5-6,9H2,1-3H3;4-6,10-11,14-15H,7-9H2,1-3H3/q5*+1/i1D3,18D;1D3;1D3,14D,15D;;1D3,9D2,15D. The zero-order valence-corrected chi connectivity index (χ0v) is 66.0. The van der Waals surface area contributed by atoms with Gasteiger partial charge < -0.3 is 0 Å². The normalized spacial score (nSPS) is 31.2. The molecule has 8 atom stereocenters. The van der Waals surface area contributed by atoms with Gasteiger partial charge in [-0.1, -0.05) is 130 Å². The van der Waals surface area contributed by atoms with Crippen LogP contribution in [0.1, 0.15) is 296 Å². The van der Waals surface area contributed by atoms with Crippen LogP contribution in [-0.4, -0.2) is 0 Å². The summed E-state index contributed by atoms with van der Waals surface area (Å²) in [6.07, 6.45) is 21.3. The highest BCUT2D eigenvalue weighted by Gasteiger charge is 2.62. The topological polar surface area (TPSA) is 19.4 Å². The predicted octanol–water partition coefficient (Wildman–Crippen LogP) is 22.1. The second-order valence-corrected chi connectivity index (χ2v) is 35.1. The van der Waals surface area contributed by atoms with E-state index in [2.05, 4.69) is 144 Å². The summed E-state index contributed by atoms with van der Waals surface area (Å²) in [7, 11) is 10.2. The maximum atomic E-state index is 9.30. The van der Waals surface area contributed by atoms with Crippen LogP contribution in [0.4, 0.5) is 0 Å². The van der Waals surface area contributed by atoms with Crippen LogP contribution in [0.25, 0.3) is 56.3 Å². The molecule has 11 aliphatic rings. The molecule has 5 aromatic heterocycles. The van der Waals surface area contributed by atoms with Crippen molar-refractivity contribution >= 4 is 0 Å². The minimum absolute atomic E-state index is 0.0283. The Hall–Kier alpha value is -8.15. The van der Waals surface area contributed by atoms with E-state index in [4.69, 9.17) is 23.3 Å². The highest BCUT2D eigenvalue weighted by Crippen LogP contribution is 2.69. The first-order valence-corrected chi connectivity index (χ1v) is 39.1. The molecule has 0 aliphatic heterocycles. The number of hydrogen-bond donors (Lipinski definition) is 0. The maximum Gasteiger partial charge on any atom is 0.212 e. The number of rotatable bonds is 5. The van der Waals surface area contributed by atoms with Gasteiger partial charge in [0.05, 0.1) is 0 Å². The molecule has 5 nitrogen and oxygen atoms in total. The van der Waals surface area contributed by atoms with E-state index in [1.54, 1.807) is 53.6 Å². The highest BCUT2D eigenvalue weighted by molar-refractivity contribution is 5.69. The van der Waals surface area contributed by atoms with Crippen molar-refractivity contribution in [3.05, 3.63) is 264 Å². The molecule has 8 unspecified atom stereocenters. The van der Waals surface area contributed by atoms with Crippen molar-refractivity contribution in [2.45, 2.75) is 246 Å². The van der Waals surface area contributed by atoms with Gasteiger partial charge in [-0.05, 0) is 296 Å². The molecule has 10 aromatic rings. The zero-order valence-electron chi connectivity index (χ0n) is 84.0. The largest absolute Gasteiger partial charge is 0.212 e. The lowest BCUT2D eigenvalue weighted by atomic mass is 9.63. The van der Waals surface area contributed by atoms with Gasteiger partial charge in [0.2, 0.25) is 28.5 Å². The number of aromatic nitrogens is 5. The SMILES string of the molecule is Cc1ccc(-c2cc3c(c[n+]2C)C2CCC3C2)c(C)c1.[2H]C([2H])([2H])c1ccc(-c2cc3c(c[n+]2C)C([2H])([2H])C2CC3([2H])C2)c(C)c1.[2H]C([2H])([2H])c1ccc(-c2cc3c(c[n+]2C)C2(C)CCC3([2H])C2(C)C)c(C)c1.[2H]C([2H])([2H])c1ccc(-c2cc3c(c[n+]2C)C2(C)CCC3C2(C)C)c(C)c1.[2H]C([2H])([2H])c1ccc(-c2cc3c(c[n+]2C)C2([2H])CCC3([2H])C2)c(C)c1. The van der Waals surface area contributed by atoms with Gasteiger partial charge in [-0.2, -0.15) is 0 Å². The quantitative estimate of drug-likeness (QED) is 0.153. The van der Waals surface area contributed by atoms with E-state index in [1.807, 2.05) is 107 Å². The molecule has 0 radical (unpaired) electrons. The van der Waals surface area contributed by atoms with Crippen LogP contribution in [0.2, 0.25) is 0 Å². The van der Waals surface area contributed by atoms with Crippen LogP contribution in [0.15, 0.2) is 152 Å². The molecule has 0 amide bonds. The Kier molecular flexibility index (Phi) is 13.5. The van der Waals surface area contributed by atoms with E-state index in [0.29, 0.717) is 58.4 Å². The molecule has 0 spiro atoms. The summed E-state index contributed by atoms with van der Waals surface area (Å²) < 4.78 is 154. The molecule has 546 valence electrons. The first-order chi connectivity index (χ1) is 57.4. The number of pyridine rings is 5. The first kappa shape index (κ1) is 53.6. The van der Waals surface area contributed by atoms with Crippen LogP contribution >= 0.6 is 0 Å². The number of benzene rings is 5. The predicted molar refractivity (Wildman–Crippen MR) is 437 cm³/mol. The van der Waals surface area contributed by atoms with E-state index in [1.165, 1.54) is 76.9 Å². The molecule has 5 saturated carbocycles. The molecule has 0 N–H and O–H groups in total. The summed E-state index contributed by atoms with van der Waals surface area (Å²) in [5.74, 6) is -0.299. The van der Waals surface area contributed by atoms with E-state index in [9.17, 15) is 1.37 Å². The van der Waals surface area contributed by atoms with Crippen molar-refractivity contribution in [2.75, 3.05) is 0 Å². The number of fused-ring (bicyclic) bond motifs is 20. The fraction of sp³-hybridized carbons (Fsp3) is 0.455. The van der Waals surface area contributed by atoms with Crippen molar-refractivity contribution in [2.24, 2.45) is 52.0 Å². The summed E-state index contributed by atoms with van der Waals surface area (Å²) in [6.45, 7) is 17.8. The van der Waals surface area contributed by atoms with Crippen molar-refractivity contribution in [3.63, 3.8) is 0 Å². The molecule has 5 fully saturated rings. The van der Waals surface area contributed by atoms with Gasteiger partial charge >= 0.3 is 0 Å². The Balaban J connectivity index is 0.000000115. The minimum Gasteiger partial charge on any atom is -0.201 e. The molecule has 21 rings (SSSR count). The lowest BCUT2D eigenvalue weighted by Crippen LogP contribution is -2.37. The Morgan fingerprint density at radius 2 is 0.736 bits per heavy atom. The van der Waals surface area contributed by atoms with Crippen LogP contribution < -0.4 is 22.8 Å². The van der Waals surface area contributed by atoms with Crippen molar-refractivity contribution < 1.29 is 47.5 Å². The smallest absolute Gasteiger partial charge is 0.201 e. The van der Waals surface area contributed by atoms with Crippen molar-refractivity contribution in [3.8, 4) is 56.3 Å². The molecule has 10 bridgehead atoms. The third-order valence-electron chi connectivity index (χ3n) is 28.2. The Morgan fingerprint density at radius 1 is 0.349 bits per heavy atom. The fourth-order valence-corrected chi connectivity index (χ4v) is 21.3. The van der Waals surface area contributed by atoms with Gasteiger partial charge in [-0.25, -0.2) is 22.8 Å². The van der Waals surface area contributed by atoms with E-state index in [-0.39, 0.29) is 22.2 Å². The molecule has 5 aromatic carbocycles. The van der Waals surface area contributed by atoms with Gasteiger partial charge in [-0.15, -0.1) is 0 Å². The summed E-state index contributed by atoms with van der Waals surface area (Å²) in [4.78, 5) is 0. The second-order valence-electron chi connectivity index (χ2n) is 35.1. The third kappa shape index (κ3) is 11.9. The van der Waals surface area contributed by atoms with Gasteiger partial charge in [-0.3, -0.25) is 0 Å². The van der Waals surface area contributed by atoms with E-state index >= 15 is 0 Å². The molecule has 0 saturated heterocycles. The van der Waals surface area contributed by atoms with Gasteiger partial charge in [0.15, 0.2) is 31.0 Å². The minimum atomic E-state index is -2.14. The van der Waals surface area contributed by atoms with Crippen LogP contribution in [0, 0.1) is 85.7 Å². The Morgan fingerprint density at radius 3 is 1.24 bits per heavy atom. The highest BCUT2D eigenvalue weighted by atomic mass is 15.0. The Bertz CT molecular complexity index is 6060. The summed E-state index contributed by atoms with van der Waals surface area (Å²) in [5, 5.41) is 0. The van der Waals surface area contributed by atoms with E-state index in [0.717, 1.165) is 121 Å². The van der Waals surface area contributed by atoms with E-state index < -0.39 is 57.4 Å². The summed E-state index contributed by atoms with van der Waals surface area (Å²) in [5.41, 5.74) is 31.3. The molecule has 106 heavy (non-hydrogen) atoms. The molecule has 11 aliphatic carbocycles. The first-order valence-electron chi connectivity index (χ1n) is 48.1. The Labute approximate surface area is 662 Å². The number of nitrogens with zero attached hydrogens (tertiary/aromatic N) is 5. The molecule has 5 heterocycles. The van der Waals surface area contributed by atoms with Crippen LogP contribution in [-0.2, 0) is 52.4 Å². The van der Waals surface area contributed by atoms with Gasteiger partial charge in [0.25, 0.3) is 0 Å². The van der Waals surface area contributed by atoms with Crippen molar-refractivity contribution in [1.29, 1.82) is 0 Å². The van der Waals surface area contributed by atoms with Crippen molar-refractivity contribution in [1.82, 2.24) is 0 Å². The summed E-state index contributed by atoms with van der Waals surface area (Å²) in [6, 6.07) is 39.1. The maximum absolute atomic E-state index is 9.30. The fourth-order valence-electron chi connectivity index (χ4n) is 21.3. The monoisotopic (exact) mass is 1420 g/mol. The second kappa shape index (κ2) is 26.6. The lowest BCUT2D eigenvalue weighted by Gasteiger charge is -2.41. The average Bonchev–Trinajstić information content (AvgIpc) is 1.47. The summed E-state index contributed by atoms with van der Waals surface area (Å²) >= 11 is 0. The van der Waals surface area contributed by atoms with Gasteiger partial charge in [0.1, 0.15) is 35.2 Å². The average molecular weight is 1420 g/mol.